The van der Waals surface area contributed by atoms with Crippen LogP contribution in [-0.2, 0) is 10.0 Å². The second kappa shape index (κ2) is 9.04. The van der Waals surface area contributed by atoms with Gasteiger partial charge in [0.15, 0.2) is 0 Å². The van der Waals surface area contributed by atoms with Crippen molar-refractivity contribution in [3.05, 3.63) is 22.7 Å². The second-order valence-electron chi connectivity index (χ2n) is 7.36. The molecule has 3 rings (SSSR count). The van der Waals surface area contributed by atoms with Crippen LogP contribution in [0.2, 0.25) is 0 Å². The van der Waals surface area contributed by atoms with Crippen molar-refractivity contribution in [3.8, 4) is 5.75 Å². The van der Waals surface area contributed by atoms with Gasteiger partial charge in [0, 0.05) is 24.1 Å². The summed E-state index contributed by atoms with van der Waals surface area (Å²) in [6, 6.07) is 5.13. The molecule has 0 bridgehead atoms. The zero-order valence-electron chi connectivity index (χ0n) is 15.5. The standard InChI is InChI=1S/C19H29BrN2O3S/c1-25-18-7-6-17(20)14-19(18)26(23,24)22-12-8-16(9-13-22)15-21-10-4-2-3-5-11-21/h6-7,14,16H,2-5,8-13,15H2,1H3. The second-order valence-corrected chi connectivity index (χ2v) is 10.2. The van der Waals surface area contributed by atoms with Crippen molar-refractivity contribution >= 4 is 26.0 Å². The normalized spacial score (nSPS) is 21.5. The summed E-state index contributed by atoms with van der Waals surface area (Å²) in [6.45, 7) is 4.71. The number of nitrogens with zero attached hydrogens (tertiary/aromatic N) is 2. The Morgan fingerprint density at radius 3 is 2.35 bits per heavy atom. The highest BCUT2D eigenvalue weighted by atomic mass is 79.9. The third kappa shape index (κ3) is 4.80. The molecule has 0 N–H and O–H groups in total. The predicted molar refractivity (Wildman–Crippen MR) is 107 cm³/mol. The van der Waals surface area contributed by atoms with Gasteiger partial charge in [0.25, 0.3) is 0 Å². The molecule has 2 saturated heterocycles. The van der Waals surface area contributed by atoms with Gasteiger partial charge in [-0.15, -0.1) is 0 Å². The first kappa shape index (κ1) is 20.1. The summed E-state index contributed by atoms with van der Waals surface area (Å²) in [4.78, 5) is 2.83. The first-order valence-electron chi connectivity index (χ1n) is 9.57. The van der Waals surface area contributed by atoms with Gasteiger partial charge in [-0.25, -0.2) is 8.42 Å². The average Bonchev–Trinajstić information content (AvgIpc) is 2.91. The van der Waals surface area contributed by atoms with Crippen LogP contribution in [-0.4, -0.2) is 57.5 Å². The highest BCUT2D eigenvalue weighted by Gasteiger charge is 2.32. The van der Waals surface area contributed by atoms with Gasteiger partial charge >= 0.3 is 0 Å². The minimum absolute atomic E-state index is 0.250. The number of piperidine rings is 1. The van der Waals surface area contributed by atoms with Crippen molar-refractivity contribution < 1.29 is 13.2 Å². The topological polar surface area (TPSA) is 49.9 Å². The molecule has 0 aromatic heterocycles. The summed E-state index contributed by atoms with van der Waals surface area (Å²) in [5.41, 5.74) is 0. The fourth-order valence-electron chi connectivity index (χ4n) is 4.01. The van der Waals surface area contributed by atoms with E-state index >= 15 is 0 Å². The molecule has 1 aromatic carbocycles. The summed E-state index contributed by atoms with van der Waals surface area (Å²) in [6.07, 6.45) is 7.17. The predicted octanol–water partition coefficient (Wildman–Crippen LogP) is 3.73. The van der Waals surface area contributed by atoms with Crippen LogP contribution in [0.4, 0.5) is 0 Å². The molecule has 7 heteroatoms. The monoisotopic (exact) mass is 444 g/mol. The van der Waals surface area contributed by atoms with Crippen LogP contribution in [0.1, 0.15) is 38.5 Å². The quantitative estimate of drug-likeness (QED) is 0.693. The molecule has 0 atom stereocenters. The Bertz CT molecular complexity index is 695. The van der Waals surface area contributed by atoms with Gasteiger partial charge in [-0.2, -0.15) is 4.31 Å². The molecule has 0 spiro atoms. The largest absolute Gasteiger partial charge is 0.495 e. The molecule has 2 aliphatic rings. The van der Waals surface area contributed by atoms with Crippen LogP contribution in [0.5, 0.6) is 5.75 Å². The number of likely N-dealkylation sites (tertiary alicyclic amines) is 1. The molecule has 0 aliphatic carbocycles. The van der Waals surface area contributed by atoms with Gasteiger partial charge in [0.2, 0.25) is 10.0 Å². The van der Waals surface area contributed by atoms with Crippen molar-refractivity contribution in [3.63, 3.8) is 0 Å². The number of methoxy groups -OCH3 is 1. The Morgan fingerprint density at radius 2 is 1.73 bits per heavy atom. The van der Waals surface area contributed by atoms with Gasteiger partial charge in [-0.1, -0.05) is 28.8 Å². The molecule has 2 fully saturated rings. The van der Waals surface area contributed by atoms with E-state index in [4.69, 9.17) is 4.74 Å². The Kier molecular flexibility index (Phi) is 6.99. The van der Waals surface area contributed by atoms with E-state index in [9.17, 15) is 8.42 Å². The Morgan fingerprint density at radius 1 is 1.08 bits per heavy atom. The number of hydrogen-bond acceptors (Lipinski definition) is 4. The van der Waals surface area contributed by atoms with Crippen molar-refractivity contribution in [2.45, 2.75) is 43.4 Å². The fraction of sp³-hybridized carbons (Fsp3) is 0.684. The van der Waals surface area contributed by atoms with E-state index in [1.807, 2.05) is 0 Å². The van der Waals surface area contributed by atoms with Gasteiger partial charge in [-0.3, -0.25) is 0 Å². The number of rotatable bonds is 5. The lowest BCUT2D eigenvalue weighted by molar-refractivity contribution is 0.186. The summed E-state index contributed by atoms with van der Waals surface area (Å²) in [7, 11) is -2.02. The van der Waals surface area contributed by atoms with Crippen LogP contribution in [0, 0.1) is 5.92 Å². The molecule has 146 valence electrons. The van der Waals surface area contributed by atoms with Gasteiger partial charge in [-0.05, 0) is 62.9 Å². The molecule has 2 aliphatic heterocycles. The maximum absolute atomic E-state index is 13.1. The Hall–Kier alpha value is -0.630. The first-order valence-corrected chi connectivity index (χ1v) is 11.8. The zero-order valence-corrected chi connectivity index (χ0v) is 17.9. The molecular formula is C19H29BrN2O3S. The molecule has 5 nitrogen and oxygen atoms in total. The Balaban J connectivity index is 1.62. The van der Waals surface area contributed by atoms with Crippen molar-refractivity contribution in [2.75, 3.05) is 39.8 Å². The van der Waals surface area contributed by atoms with E-state index in [0.717, 1.165) is 23.9 Å². The van der Waals surface area contributed by atoms with Crippen LogP contribution in [0.25, 0.3) is 0 Å². The highest BCUT2D eigenvalue weighted by Crippen LogP contribution is 2.32. The molecule has 0 amide bonds. The highest BCUT2D eigenvalue weighted by molar-refractivity contribution is 9.10. The lowest BCUT2D eigenvalue weighted by Gasteiger charge is -2.34. The van der Waals surface area contributed by atoms with Crippen LogP contribution in [0.15, 0.2) is 27.6 Å². The van der Waals surface area contributed by atoms with E-state index < -0.39 is 10.0 Å². The lowest BCUT2D eigenvalue weighted by Crippen LogP contribution is -2.41. The minimum atomic E-state index is -3.52. The van der Waals surface area contributed by atoms with Gasteiger partial charge in [0.05, 0.1) is 7.11 Å². The van der Waals surface area contributed by atoms with E-state index in [1.165, 1.54) is 45.9 Å². The summed E-state index contributed by atoms with van der Waals surface area (Å²) in [5.74, 6) is 1.00. The number of halogens is 1. The van der Waals surface area contributed by atoms with Crippen molar-refractivity contribution in [1.82, 2.24) is 9.21 Å². The Labute approximate surface area is 165 Å². The third-order valence-electron chi connectivity index (χ3n) is 5.53. The SMILES string of the molecule is COc1ccc(Br)cc1S(=O)(=O)N1CCC(CN2CCCCCC2)CC1. The minimum Gasteiger partial charge on any atom is -0.495 e. The molecule has 0 saturated carbocycles. The van der Waals surface area contributed by atoms with E-state index in [0.29, 0.717) is 24.8 Å². The van der Waals surface area contributed by atoms with Crippen LogP contribution >= 0.6 is 15.9 Å². The fourth-order valence-corrected chi connectivity index (χ4v) is 6.17. The first-order chi connectivity index (χ1) is 12.5. The number of hydrogen-bond donors (Lipinski definition) is 0. The summed E-state index contributed by atoms with van der Waals surface area (Å²) >= 11 is 3.37. The molecule has 26 heavy (non-hydrogen) atoms. The summed E-state index contributed by atoms with van der Waals surface area (Å²) < 4.78 is 33.8. The van der Waals surface area contributed by atoms with E-state index in [2.05, 4.69) is 20.8 Å². The molecule has 0 unspecified atom stereocenters. The van der Waals surface area contributed by atoms with Crippen LogP contribution in [0.3, 0.4) is 0 Å². The van der Waals surface area contributed by atoms with E-state index in [1.54, 1.807) is 22.5 Å². The van der Waals surface area contributed by atoms with Crippen molar-refractivity contribution in [1.29, 1.82) is 0 Å². The number of ether oxygens (including phenoxy) is 1. The molecular weight excluding hydrogens is 416 g/mol. The molecule has 2 heterocycles. The van der Waals surface area contributed by atoms with Gasteiger partial charge in [0.1, 0.15) is 10.6 Å². The zero-order chi connectivity index (χ0) is 18.6. The average molecular weight is 445 g/mol. The van der Waals surface area contributed by atoms with Crippen LogP contribution < -0.4 is 4.74 Å². The summed E-state index contributed by atoms with van der Waals surface area (Å²) in [5, 5.41) is 0. The maximum atomic E-state index is 13.1. The molecule has 1 aromatic rings. The number of sulfonamides is 1. The maximum Gasteiger partial charge on any atom is 0.246 e. The van der Waals surface area contributed by atoms with Gasteiger partial charge < -0.3 is 9.64 Å². The van der Waals surface area contributed by atoms with Crippen molar-refractivity contribution in [2.24, 2.45) is 5.92 Å². The van der Waals surface area contributed by atoms with E-state index in [-0.39, 0.29) is 4.90 Å². The number of benzene rings is 1. The lowest BCUT2D eigenvalue weighted by atomic mass is 9.97. The third-order valence-corrected chi connectivity index (χ3v) is 7.95. The molecule has 0 radical (unpaired) electrons. The smallest absolute Gasteiger partial charge is 0.246 e.